The quantitative estimate of drug-likeness (QED) is 0.509. The highest BCUT2D eigenvalue weighted by atomic mass is 19.4. The van der Waals surface area contributed by atoms with E-state index in [1.165, 1.54) is 6.08 Å². The summed E-state index contributed by atoms with van der Waals surface area (Å²) in [7, 11) is 1.61. The van der Waals surface area contributed by atoms with Gasteiger partial charge in [0, 0.05) is 18.3 Å². The predicted molar refractivity (Wildman–Crippen MR) is 129 cm³/mol. The standard InChI is InChI=1S/C27H28F3N3O3/c1-17-15-32(16-31-17)24-9-5-18(13-25(24)35-2)12-20-4-3-11-33(26(20)34)23-10-6-19-14-21(7-8-22(19)23)36-27(28,29)30/h5,7-9,12-13,15-16,21,23H,3-4,6,10-11,14H2,1-2H3/b20-12+/t21?,23-/m0/s1. The number of methoxy groups -OCH3 is 1. The zero-order chi connectivity index (χ0) is 25.4. The first-order valence-corrected chi connectivity index (χ1v) is 12.1. The summed E-state index contributed by atoms with van der Waals surface area (Å²) in [5.74, 6) is 0.658. The third kappa shape index (κ3) is 4.97. The number of nitrogens with zero attached hydrogens (tertiary/aromatic N) is 3. The third-order valence-electron chi connectivity index (χ3n) is 7.00. The zero-order valence-corrected chi connectivity index (χ0v) is 20.2. The van der Waals surface area contributed by atoms with Gasteiger partial charge in [0.25, 0.3) is 0 Å². The molecule has 0 radical (unpaired) electrons. The molecule has 0 spiro atoms. The Morgan fingerprint density at radius 2 is 2.06 bits per heavy atom. The molecule has 2 aromatic rings. The van der Waals surface area contributed by atoms with Crippen LogP contribution < -0.4 is 4.74 Å². The molecule has 1 aliphatic heterocycles. The number of amides is 1. The molecule has 0 saturated carbocycles. The van der Waals surface area contributed by atoms with Gasteiger partial charge in [-0.15, -0.1) is 13.2 Å². The number of aryl methyl sites for hydroxylation is 1. The normalized spacial score (nSPS) is 23.5. The van der Waals surface area contributed by atoms with E-state index in [0.717, 1.165) is 46.5 Å². The van der Waals surface area contributed by atoms with Gasteiger partial charge in [-0.05, 0) is 68.4 Å². The molecule has 1 aromatic carbocycles. The van der Waals surface area contributed by atoms with Gasteiger partial charge in [0.1, 0.15) is 5.75 Å². The van der Waals surface area contributed by atoms with Crippen molar-refractivity contribution in [1.29, 1.82) is 0 Å². The van der Waals surface area contributed by atoms with E-state index in [0.29, 0.717) is 25.1 Å². The summed E-state index contributed by atoms with van der Waals surface area (Å²) in [6, 6.07) is 5.69. The van der Waals surface area contributed by atoms with Gasteiger partial charge < -0.3 is 14.2 Å². The molecule has 2 heterocycles. The average molecular weight is 500 g/mol. The Hall–Kier alpha value is -3.33. The number of rotatable bonds is 5. The van der Waals surface area contributed by atoms with E-state index in [1.54, 1.807) is 19.5 Å². The maximum atomic E-state index is 13.5. The van der Waals surface area contributed by atoms with Crippen LogP contribution in [0.1, 0.15) is 43.4 Å². The minimum Gasteiger partial charge on any atom is -0.495 e. The van der Waals surface area contributed by atoms with E-state index in [2.05, 4.69) is 9.72 Å². The molecule has 1 aromatic heterocycles. The van der Waals surface area contributed by atoms with E-state index >= 15 is 0 Å². The minimum atomic E-state index is -4.66. The lowest BCUT2D eigenvalue weighted by Crippen LogP contribution is -2.44. The summed E-state index contributed by atoms with van der Waals surface area (Å²) in [4.78, 5) is 19.6. The van der Waals surface area contributed by atoms with E-state index in [-0.39, 0.29) is 18.4 Å². The highest BCUT2D eigenvalue weighted by Crippen LogP contribution is 2.40. The SMILES string of the molecule is COc1cc(/C=C2\CCCN([C@H]3CCC4=C3C=CC(OC(F)(F)F)C4)C2=O)ccc1-n1cnc(C)c1. The Morgan fingerprint density at radius 1 is 1.22 bits per heavy atom. The number of alkyl halides is 3. The fraction of sp³-hybridized carbons (Fsp3) is 0.407. The molecule has 6 nitrogen and oxygen atoms in total. The lowest BCUT2D eigenvalue weighted by molar-refractivity contribution is -0.336. The van der Waals surface area contributed by atoms with Crippen molar-refractivity contribution in [3.8, 4) is 11.4 Å². The van der Waals surface area contributed by atoms with Crippen molar-refractivity contribution >= 4 is 12.0 Å². The Bertz CT molecular complexity index is 1260. The van der Waals surface area contributed by atoms with Gasteiger partial charge in [-0.3, -0.25) is 9.53 Å². The molecular weight excluding hydrogens is 471 g/mol. The molecule has 9 heteroatoms. The van der Waals surface area contributed by atoms with Crippen LogP contribution in [0.25, 0.3) is 11.8 Å². The summed E-state index contributed by atoms with van der Waals surface area (Å²) < 4.78 is 49.6. The number of aromatic nitrogens is 2. The van der Waals surface area contributed by atoms with Crippen LogP contribution in [-0.4, -0.2) is 52.5 Å². The van der Waals surface area contributed by atoms with Gasteiger partial charge in [0.05, 0.1) is 37.0 Å². The topological polar surface area (TPSA) is 56.6 Å². The van der Waals surface area contributed by atoms with Crippen molar-refractivity contribution < 1.29 is 27.4 Å². The molecule has 2 aliphatic carbocycles. The van der Waals surface area contributed by atoms with Crippen LogP contribution in [0.5, 0.6) is 5.75 Å². The zero-order valence-electron chi connectivity index (χ0n) is 20.2. The molecule has 36 heavy (non-hydrogen) atoms. The fourth-order valence-corrected chi connectivity index (χ4v) is 5.41. The van der Waals surface area contributed by atoms with Gasteiger partial charge in [0.15, 0.2) is 0 Å². The number of carbonyl (C=O) groups is 1. The van der Waals surface area contributed by atoms with Crippen molar-refractivity contribution in [2.24, 2.45) is 0 Å². The highest BCUT2D eigenvalue weighted by Gasteiger charge is 2.39. The molecule has 2 atom stereocenters. The summed E-state index contributed by atoms with van der Waals surface area (Å²) in [6.45, 7) is 2.56. The van der Waals surface area contributed by atoms with E-state index in [4.69, 9.17) is 4.74 Å². The van der Waals surface area contributed by atoms with Crippen molar-refractivity contribution in [1.82, 2.24) is 14.5 Å². The maximum absolute atomic E-state index is 13.5. The van der Waals surface area contributed by atoms with E-state index in [9.17, 15) is 18.0 Å². The number of hydrogen-bond donors (Lipinski definition) is 0. The van der Waals surface area contributed by atoms with Crippen LogP contribution in [0, 0.1) is 6.92 Å². The number of hydrogen-bond acceptors (Lipinski definition) is 4. The Morgan fingerprint density at radius 3 is 2.78 bits per heavy atom. The molecule has 1 saturated heterocycles. The molecule has 1 amide bonds. The molecule has 3 aliphatic rings. The second-order valence-electron chi connectivity index (χ2n) is 9.40. The molecule has 5 rings (SSSR count). The Kier molecular flexibility index (Phi) is 6.51. The highest BCUT2D eigenvalue weighted by molar-refractivity contribution is 5.99. The number of benzene rings is 1. The lowest BCUT2D eigenvalue weighted by Gasteiger charge is -2.35. The van der Waals surface area contributed by atoms with Crippen LogP contribution in [0.15, 0.2) is 59.6 Å². The van der Waals surface area contributed by atoms with Gasteiger partial charge in [-0.25, -0.2) is 4.98 Å². The van der Waals surface area contributed by atoms with E-state index in [1.807, 2.05) is 46.9 Å². The third-order valence-corrected chi connectivity index (χ3v) is 7.00. The van der Waals surface area contributed by atoms with Crippen LogP contribution in [0.2, 0.25) is 0 Å². The number of halogens is 3. The molecular formula is C27H28F3N3O3. The fourth-order valence-electron chi connectivity index (χ4n) is 5.41. The summed E-state index contributed by atoms with van der Waals surface area (Å²) in [6.07, 6.45) is 6.21. The number of likely N-dealkylation sites (tertiary alicyclic amines) is 1. The molecule has 1 fully saturated rings. The predicted octanol–water partition coefficient (Wildman–Crippen LogP) is 5.52. The largest absolute Gasteiger partial charge is 0.523 e. The van der Waals surface area contributed by atoms with Gasteiger partial charge in [-0.1, -0.05) is 23.8 Å². The van der Waals surface area contributed by atoms with Crippen LogP contribution in [-0.2, 0) is 9.53 Å². The molecule has 0 N–H and O–H groups in total. The number of imidazole rings is 1. The molecule has 1 unspecified atom stereocenters. The van der Waals surface area contributed by atoms with Crippen LogP contribution in [0.4, 0.5) is 13.2 Å². The van der Waals surface area contributed by atoms with Crippen LogP contribution in [0.3, 0.4) is 0 Å². The lowest BCUT2D eigenvalue weighted by atomic mass is 9.94. The van der Waals surface area contributed by atoms with Crippen molar-refractivity contribution in [3.63, 3.8) is 0 Å². The number of ether oxygens (including phenoxy) is 2. The van der Waals surface area contributed by atoms with Crippen LogP contribution >= 0.6 is 0 Å². The van der Waals surface area contributed by atoms with Gasteiger partial charge >= 0.3 is 6.36 Å². The first kappa shape index (κ1) is 24.4. The maximum Gasteiger partial charge on any atom is 0.523 e. The molecule has 0 bridgehead atoms. The summed E-state index contributed by atoms with van der Waals surface area (Å²) in [5, 5.41) is 0. The van der Waals surface area contributed by atoms with Crippen molar-refractivity contribution in [2.45, 2.75) is 57.5 Å². The summed E-state index contributed by atoms with van der Waals surface area (Å²) in [5.41, 5.74) is 5.27. The monoisotopic (exact) mass is 499 g/mol. The smallest absolute Gasteiger partial charge is 0.495 e. The second-order valence-corrected chi connectivity index (χ2v) is 9.40. The Labute approximate surface area is 207 Å². The average Bonchev–Trinajstić information content (AvgIpc) is 3.45. The first-order chi connectivity index (χ1) is 17.2. The number of piperidine rings is 1. The van der Waals surface area contributed by atoms with Crippen molar-refractivity contribution in [2.75, 3.05) is 13.7 Å². The van der Waals surface area contributed by atoms with Gasteiger partial charge in [0.2, 0.25) is 5.91 Å². The molecule has 190 valence electrons. The van der Waals surface area contributed by atoms with Gasteiger partial charge in [-0.2, -0.15) is 0 Å². The first-order valence-electron chi connectivity index (χ1n) is 12.1. The van der Waals surface area contributed by atoms with E-state index < -0.39 is 12.5 Å². The van der Waals surface area contributed by atoms with Crippen molar-refractivity contribution in [3.05, 3.63) is 70.9 Å². The minimum absolute atomic E-state index is 0.0182. The Balaban J connectivity index is 1.34. The number of carbonyl (C=O) groups excluding carboxylic acids is 1. The summed E-state index contributed by atoms with van der Waals surface area (Å²) >= 11 is 0. The second kappa shape index (κ2) is 9.61.